The Morgan fingerprint density at radius 1 is 1.12 bits per heavy atom. The molecule has 1 fully saturated rings. The van der Waals surface area contributed by atoms with Crippen LogP contribution in [0, 0.1) is 0 Å². The van der Waals surface area contributed by atoms with Crippen molar-refractivity contribution in [2.75, 3.05) is 27.4 Å². The van der Waals surface area contributed by atoms with Crippen LogP contribution in [0.5, 0.6) is 0 Å². The molecule has 0 aliphatic carbocycles. The van der Waals surface area contributed by atoms with Crippen LogP contribution >= 0.6 is 0 Å². The SMILES string of the molecule is CC(C(=O)NCC(=O)OCN1C(=O)CC[C@H](N2C(=O)c3ccccc3C2=O)C1=O)N(C)C. The number of nitrogens with one attached hydrogen (secondary N) is 1. The van der Waals surface area contributed by atoms with Crippen LogP contribution in [0.25, 0.3) is 0 Å². The van der Waals surface area contributed by atoms with Gasteiger partial charge in [-0.25, -0.2) is 4.90 Å². The second-order valence-corrected chi connectivity index (χ2v) is 7.74. The molecular formula is C21H24N4O7. The minimum Gasteiger partial charge on any atom is -0.442 e. The predicted molar refractivity (Wildman–Crippen MR) is 109 cm³/mol. The van der Waals surface area contributed by atoms with Gasteiger partial charge in [-0.05, 0) is 39.6 Å². The molecule has 32 heavy (non-hydrogen) atoms. The van der Waals surface area contributed by atoms with Gasteiger partial charge in [0, 0.05) is 6.42 Å². The molecule has 2 aliphatic rings. The van der Waals surface area contributed by atoms with E-state index in [1.807, 2.05) is 0 Å². The van der Waals surface area contributed by atoms with Gasteiger partial charge in [-0.15, -0.1) is 0 Å². The first-order valence-corrected chi connectivity index (χ1v) is 10.0. The van der Waals surface area contributed by atoms with Crippen molar-refractivity contribution in [2.45, 2.75) is 31.8 Å². The van der Waals surface area contributed by atoms with Crippen molar-refractivity contribution >= 4 is 35.5 Å². The van der Waals surface area contributed by atoms with E-state index in [4.69, 9.17) is 4.74 Å². The highest BCUT2D eigenvalue weighted by atomic mass is 16.5. The first-order chi connectivity index (χ1) is 15.1. The summed E-state index contributed by atoms with van der Waals surface area (Å²) in [5.74, 6) is -3.81. The standard InChI is InChI=1S/C21H24N4O7/c1-12(23(2)3)18(28)22-10-17(27)32-11-24-16(26)9-8-15(21(24)31)25-19(29)13-6-4-5-7-14(13)20(25)30/h4-7,12,15H,8-11H2,1-3H3,(H,22,28)/t12?,15-/m0/s1. The van der Waals surface area contributed by atoms with Crippen molar-refractivity contribution in [1.82, 2.24) is 20.0 Å². The highest BCUT2D eigenvalue weighted by Crippen LogP contribution is 2.28. The third kappa shape index (κ3) is 4.37. The summed E-state index contributed by atoms with van der Waals surface area (Å²) < 4.78 is 4.97. The van der Waals surface area contributed by atoms with E-state index in [9.17, 15) is 28.8 Å². The Morgan fingerprint density at radius 3 is 2.28 bits per heavy atom. The van der Waals surface area contributed by atoms with Gasteiger partial charge in [0.1, 0.15) is 12.6 Å². The van der Waals surface area contributed by atoms with Crippen LogP contribution in [0.15, 0.2) is 24.3 Å². The maximum Gasteiger partial charge on any atom is 0.327 e. The molecule has 5 amide bonds. The lowest BCUT2D eigenvalue weighted by Crippen LogP contribution is -2.56. The van der Waals surface area contributed by atoms with Crippen molar-refractivity contribution in [1.29, 1.82) is 0 Å². The first kappa shape index (κ1) is 23.1. The van der Waals surface area contributed by atoms with E-state index in [1.165, 1.54) is 12.1 Å². The summed E-state index contributed by atoms with van der Waals surface area (Å²) >= 11 is 0. The Morgan fingerprint density at radius 2 is 1.72 bits per heavy atom. The fourth-order valence-electron chi connectivity index (χ4n) is 3.42. The summed E-state index contributed by atoms with van der Waals surface area (Å²) in [6.07, 6.45) is -0.107. The molecule has 0 bridgehead atoms. The molecule has 2 heterocycles. The Bertz CT molecular complexity index is 955. The fraction of sp³-hybridized carbons (Fsp3) is 0.429. The average Bonchev–Trinajstić information content (AvgIpc) is 3.02. The number of benzene rings is 1. The zero-order valence-electron chi connectivity index (χ0n) is 18.0. The van der Waals surface area contributed by atoms with E-state index < -0.39 is 55.0 Å². The van der Waals surface area contributed by atoms with Gasteiger partial charge in [0.05, 0.1) is 17.2 Å². The minimum absolute atomic E-state index is 0.00787. The molecule has 1 unspecified atom stereocenters. The number of carbonyl (C=O) groups excluding carboxylic acids is 6. The number of imide groups is 2. The van der Waals surface area contributed by atoms with Gasteiger partial charge in [0.25, 0.3) is 17.7 Å². The highest BCUT2D eigenvalue weighted by Gasteiger charge is 2.47. The molecule has 11 nitrogen and oxygen atoms in total. The van der Waals surface area contributed by atoms with Gasteiger partial charge < -0.3 is 10.1 Å². The van der Waals surface area contributed by atoms with Crippen molar-refractivity contribution in [3.63, 3.8) is 0 Å². The summed E-state index contributed by atoms with van der Waals surface area (Å²) in [4.78, 5) is 77.6. The number of carbonyl (C=O) groups is 6. The number of fused-ring (bicyclic) bond motifs is 1. The second-order valence-electron chi connectivity index (χ2n) is 7.74. The third-order valence-electron chi connectivity index (χ3n) is 5.54. The van der Waals surface area contributed by atoms with Gasteiger partial charge >= 0.3 is 5.97 Å². The largest absolute Gasteiger partial charge is 0.442 e. The zero-order chi connectivity index (χ0) is 23.6. The van der Waals surface area contributed by atoms with Gasteiger partial charge in [-0.3, -0.25) is 38.6 Å². The van der Waals surface area contributed by atoms with Crippen LogP contribution in [0.4, 0.5) is 0 Å². The molecule has 3 rings (SSSR count). The van der Waals surface area contributed by atoms with Crippen molar-refractivity contribution in [3.05, 3.63) is 35.4 Å². The van der Waals surface area contributed by atoms with E-state index in [2.05, 4.69) is 5.32 Å². The topological polar surface area (TPSA) is 133 Å². The molecule has 0 radical (unpaired) electrons. The van der Waals surface area contributed by atoms with Crippen molar-refractivity contribution in [2.24, 2.45) is 0 Å². The van der Waals surface area contributed by atoms with Gasteiger partial charge in [0.15, 0.2) is 6.73 Å². The summed E-state index contributed by atoms with van der Waals surface area (Å²) in [6.45, 7) is 0.551. The number of hydrogen-bond acceptors (Lipinski definition) is 8. The van der Waals surface area contributed by atoms with E-state index in [-0.39, 0.29) is 29.9 Å². The Hall–Kier alpha value is -3.60. The molecule has 2 aliphatic heterocycles. The summed E-state index contributed by atoms with van der Waals surface area (Å²) in [6, 6.07) is 4.60. The summed E-state index contributed by atoms with van der Waals surface area (Å²) in [5, 5.41) is 2.41. The maximum absolute atomic E-state index is 12.9. The Balaban J connectivity index is 1.61. The number of nitrogens with zero attached hydrogens (tertiary/aromatic N) is 3. The number of likely N-dealkylation sites (tertiary alicyclic amines) is 1. The van der Waals surface area contributed by atoms with Crippen molar-refractivity contribution < 1.29 is 33.5 Å². The molecule has 1 N–H and O–H groups in total. The lowest BCUT2D eigenvalue weighted by Gasteiger charge is -2.34. The predicted octanol–water partition coefficient (Wildman–Crippen LogP) is -0.633. The molecule has 1 aromatic carbocycles. The van der Waals surface area contributed by atoms with Crippen LogP contribution in [0.1, 0.15) is 40.5 Å². The molecular weight excluding hydrogens is 420 g/mol. The van der Waals surface area contributed by atoms with E-state index in [0.29, 0.717) is 4.90 Å². The number of rotatable bonds is 7. The lowest BCUT2D eigenvalue weighted by atomic mass is 10.0. The van der Waals surface area contributed by atoms with Gasteiger partial charge in [-0.1, -0.05) is 12.1 Å². The van der Waals surface area contributed by atoms with Crippen LogP contribution in [-0.4, -0.2) is 89.7 Å². The third-order valence-corrected chi connectivity index (χ3v) is 5.54. The van der Waals surface area contributed by atoms with Crippen LogP contribution in [0.2, 0.25) is 0 Å². The lowest BCUT2D eigenvalue weighted by molar-refractivity contribution is -0.163. The van der Waals surface area contributed by atoms with E-state index in [1.54, 1.807) is 38.1 Å². The van der Waals surface area contributed by atoms with Crippen LogP contribution in [-0.2, 0) is 23.9 Å². The monoisotopic (exact) mass is 444 g/mol. The molecule has 0 aromatic heterocycles. The zero-order valence-corrected chi connectivity index (χ0v) is 18.0. The maximum atomic E-state index is 12.9. The molecule has 1 aromatic rings. The van der Waals surface area contributed by atoms with Gasteiger partial charge in [-0.2, -0.15) is 0 Å². The number of piperidine rings is 1. The number of likely N-dealkylation sites (N-methyl/N-ethyl adjacent to an activating group) is 1. The average molecular weight is 444 g/mol. The number of ether oxygens (including phenoxy) is 1. The number of hydrogen-bond donors (Lipinski definition) is 1. The molecule has 0 spiro atoms. The minimum atomic E-state index is -1.17. The Kier molecular flexibility index (Phi) is 6.68. The first-order valence-electron chi connectivity index (χ1n) is 10.0. The summed E-state index contributed by atoms with van der Waals surface area (Å²) in [5.41, 5.74) is 0.394. The van der Waals surface area contributed by atoms with Gasteiger partial charge in [0.2, 0.25) is 11.8 Å². The molecule has 170 valence electrons. The van der Waals surface area contributed by atoms with E-state index in [0.717, 1.165) is 4.90 Å². The molecule has 11 heteroatoms. The highest BCUT2D eigenvalue weighted by molar-refractivity contribution is 6.23. The molecule has 0 saturated carbocycles. The van der Waals surface area contributed by atoms with E-state index >= 15 is 0 Å². The number of esters is 1. The quantitative estimate of drug-likeness (QED) is 0.434. The normalized spacial score (nSPS) is 19.3. The van der Waals surface area contributed by atoms with Crippen LogP contribution < -0.4 is 5.32 Å². The summed E-state index contributed by atoms with van der Waals surface area (Å²) in [7, 11) is 3.42. The molecule has 2 atom stereocenters. The smallest absolute Gasteiger partial charge is 0.327 e. The fourth-order valence-corrected chi connectivity index (χ4v) is 3.42. The molecule has 1 saturated heterocycles. The Labute approximate surface area is 184 Å². The van der Waals surface area contributed by atoms with Crippen molar-refractivity contribution in [3.8, 4) is 0 Å². The number of amides is 5. The second kappa shape index (κ2) is 9.27. The van der Waals surface area contributed by atoms with Crippen LogP contribution in [0.3, 0.4) is 0 Å².